The second kappa shape index (κ2) is 5.99. The summed E-state index contributed by atoms with van der Waals surface area (Å²) in [6.07, 6.45) is 0.277. The van der Waals surface area contributed by atoms with Crippen LogP contribution in [0.1, 0.15) is 12.0 Å². The molecule has 2 unspecified atom stereocenters. The smallest absolute Gasteiger partial charge is 0.248 e. The molecule has 24 heavy (non-hydrogen) atoms. The number of nitrogens with zero attached hydrogens (tertiary/aromatic N) is 2. The lowest BCUT2D eigenvalue weighted by atomic mass is 9.93. The van der Waals surface area contributed by atoms with Crippen molar-refractivity contribution in [2.45, 2.75) is 11.3 Å². The van der Waals surface area contributed by atoms with Crippen LogP contribution in [0.25, 0.3) is 0 Å². The van der Waals surface area contributed by atoms with Crippen LogP contribution in [-0.2, 0) is 15.6 Å². The van der Waals surface area contributed by atoms with E-state index in [1.807, 2.05) is 24.3 Å². The number of fused-ring (bicyclic) bond motifs is 3. The Hall–Kier alpha value is -1.69. The van der Waals surface area contributed by atoms with E-state index in [1.54, 1.807) is 18.2 Å². The fourth-order valence-corrected chi connectivity index (χ4v) is 4.78. The number of amides is 1. The zero-order chi connectivity index (χ0) is 16.8. The van der Waals surface area contributed by atoms with Gasteiger partial charge in [-0.1, -0.05) is 41.4 Å². The molecule has 4 rings (SSSR count). The summed E-state index contributed by atoms with van der Waals surface area (Å²) < 4.78 is 12.4. The normalized spacial score (nSPS) is 22.7. The van der Waals surface area contributed by atoms with Crippen molar-refractivity contribution in [3.8, 4) is 0 Å². The summed E-state index contributed by atoms with van der Waals surface area (Å²) >= 11 is 12.0. The molecular formula is C17H12Cl2N2O2S. The molecule has 2 aliphatic rings. The summed E-state index contributed by atoms with van der Waals surface area (Å²) in [5.74, 6) is 0.169. The van der Waals surface area contributed by atoms with Gasteiger partial charge in [0.2, 0.25) is 5.91 Å². The molecule has 0 saturated carbocycles. The van der Waals surface area contributed by atoms with E-state index in [9.17, 15) is 9.00 Å². The summed E-state index contributed by atoms with van der Waals surface area (Å²) in [5.41, 5.74) is 2.23. The van der Waals surface area contributed by atoms with Crippen LogP contribution < -0.4 is 5.01 Å². The zero-order valence-corrected chi connectivity index (χ0v) is 14.7. The Kier molecular flexibility index (Phi) is 3.95. The van der Waals surface area contributed by atoms with Crippen molar-refractivity contribution in [2.24, 2.45) is 11.0 Å². The van der Waals surface area contributed by atoms with E-state index in [2.05, 4.69) is 5.10 Å². The third-order valence-corrected chi connectivity index (χ3v) is 6.45. The van der Waals surface area contributed by atoms with Crippen LogP contribution in [0.2, 0.25) is 10.0 Å². The summed E-state index contributed by atoms with van der Waals surface area (Å²) in [7, 11) is -1.10. The lowest BCUT2D eigenvalue weighted by Crippen LogP contribution is -2.41. The molecule has 2 heterocycles. The van der Waals surface area contributed by atoms with Gasteiger partial charge in [-0.2, -0.15) is 5.10 Å². The minimum absolute atomic E-state index is 0.118. The predicted octanol–water partition coefficient (Wildman–Crippen LogP) is 3.87. The van der Waals surface area contributed by atoms with Crippen LogP contribution >= 0.6 is 23.2 Å². The first-order valence-electron chi connectivity index (χ1n) is 7.39. The zero-order valence-electron chi connectivity index (χ0n) is 12.4. The van der Waals surface area contributed by atoms with Gasteiger partial charge in [0.1, 0.15) is 0 Å². The Bertz CT molecular complexity index is 913. The van der Waals surface area contributed by atoms with Gasteiger partial charge in [-0.15, -0.1) is 0 Å². The number of carbonyl (C=O) groups excluding carboxylic acids is 1. The van der Waals surface area contributed by atoms with E-state index in [-0.39, 0.29) is 18.2 Å². The standard InChI is InChI=1S/C17H12Cl2N2O2S/c18-13-6-5-11(8-14(13)19)21-16(22)7-10-9-24(23)15-4-2-1-3-12(15)17(10)20-21/h1-6,8,10H,7,9H2. The van der Waals surface area contributed by atoms with E-state index in [0.717, 1.165) is 16.2 Å². The summed E-state index contributed by atoms with van der Waals surface area (Å²) in [4.78, 5) is 13.3. The first-order chi connectivity index (χ1) is 11.5. The van der Waals surface area contributed by atoms with Gasteiger partial charge in [-0.25, -0.2) is 5.01 Å². The monoisotopic (exact) mass is 378 g/mol. The lowest BCUT2D eigenvalue weighted by molar-refractivity contribution is -0.119. The van der Waals surface area contributed by atoms with Crippen LogP contribution in [0.4, 0.5) is 5.69 Å². The van der Waals surface area contributed by atoms with Gasteiger partial charge < -0.3 is 0 Å². The highest BCUT2D eigenvalue weighted by atomic mass is 35.5. The Balaban J connectivity index is 1.83. The first-order valence-corrected chi connectivity index (χ1v) is 9.46. The molecule has 1 amide bonds. The quantitative estimate of drug-likeness (QED) is 0.755. The van der Waals surface area contributed by atoms with Gasteiger partial charge in [0.05, 0.1) is 32.2 Å². The molecule has 7 heteroatoms. The number of anilines is 1. The maximum Gasteiger partial charge on any atom is 0.248 e. The van der Waals surface area contributed by atoms with Gasteiger partial charge in [0, 0.05) is 28.6 Å². The van der Waals surface area contributed by atoms with Gasteiger partial charge in [0.15, 0.2) is 0 Å². The average molecular weight is 379 g/mol. The van der Waals surface area contributed by atoms with E-state index < -0.39 is 10.8 Å². The van der Waals surface area contributed by atoms with E-state index in [1.165, 1.54) is 5.01 Å². The van der Waals surface area contributed by atoms with Crippen molar-refractivity contribution >= 4 is 51.3 Å². The van der Waals surface area contributed by atoms with Gasteiger partial charge in [-0.3, -0.25) is 9.00 Å². The molecule has 0 radical (unpaired) electrons. The fraction of sp³-hybridized carbons (Fsp3) is 0.176. The van der Waals surface area contributed by atoms with Crippen molar-refractivity contribution in [3.63, 3.8) is 0 Å². The predicted molar refractivity (Wildman–Crippen MR) is 96.3 cm³/mol. The largest absolute Gasteiger partial charge is 0.273 e. The molecule has 2 aliphatic heterocycles. The van der Waals surface area contributed by atoms with Crippen LogP contribution in [0.5, 0.6) is 0 Å². The Labute approximate surface area is 151 Å². The highest BCUT2D eigenvalue weighted by Crippen LogP contribution is 2.34. The van der Waals surface area contributed by atoms with E-state index in [4.69, 9.17) is 23.2 Å². The molecule has 0 N–H and O–H groups in total. The Morgan fingerprint density at radius 2 is 1.92 bits per heavy atom. The first kappa shape index (κ1) is 15.8. The summed E-state index contributed by atoms with van der Waals surface area (Å²) in [5, 5.41) is 6.72. The van der Waals surface area contributed by atoms with Crippen molar-refractivity contribution in [2.75, 3.05) is 10.8 Å². The maximum atomic E-state index is 12.5. The molecule has 0 aromatic heterocycles. The maximum absolute atomic E-state index is 12.5. The van der Waals surface area contributed by atoms with Crippen molar-refractivity contribution < 1.29 is 9.00 Å². The number of hydrogen-bond donors (Lipinski definition) is 0. The Morgan fingerprint density at radius 1 is 1.12 bits per heavy atom. The third kappa shape index (κ3) is 2.57. The van der Waals surface area contributed by atoms with Crippen molar-refractivity contribution in [1.29, 1.82) is 0 Å². The molecule has 2 aromatic rings. The average Bonchev–Trinajstić information content (AvgIpc) is 2.57. The van der Waals surface area contributed by atoms with Gasteiger partial charge in [0.25, 0.3) is 0 Å². The number of halogens is 2. The summed E-state index contributed by atoms with van der Waals surface area (Å²) in [6.45, 7) is 0. The minimum atomic E-state index is -1.10. The minimum Gasteiger partial charge on any atom is -0.273 e. The number of hydrogen-bond acceptors (Lipinski definition) is 3. The molecule has 0 bridgehead atoms. The topological polar surface area (TPSA) is 49.7 Å². The second-order valence-corrected chi connectivity index (χ2v) is 7.98. The molecule has 2 aromatic carbocycles. The van der Waals surface area contributed by atoms with Crippen LogP contribution in [0.3, 0.4) is 0 Å². The molecule has 0 spiro atoms. The third-order valence-electron chi connectivity index (χ3n) is 4.16. The number of hydrazone groups is 1. The van der Waals surface area contributed by atoms with Crippen molar-refractivity contribution in [1.82, 2.24) is 0 Å². The van der Waals surface area contributed by atoms with Gasteiger partial charge >= 0.3 is 0 Å². The Morgan fingerprint density at radius 3 is 2.71 bits per heavy atom. The van der Waals surface area contributed by atoms with Crippen LogP contribution in [-0.4, -0.2) is 21.6 Å². The number of carbonyl (C=O) groups is 1. The SMILES string of the molecule is O=C1CC2CS(=O)c3ccccc3C2=NN1c1ccc(Cl)c(Cl)c1. The van der Waals surface area contributed by atoms with E-state index in [0.29, 0.717) is 21.5 Å². The van der Waals surface area contributed by atoms with Crippen molar-refractivity contribution in [3.05, 3.63) is 58.1 Å². The van der Waals surface area contributed by atoms with E-state index >= 15 is 0 Å². The van der Waals surface area contributed by atoms with Crippen LogP contribution in [0.15, 0.2) is 52.5 Å². The molecular weight excluding hydrogens is 367 g/mol. The second-order valence-electron chi connectivity index (χ2n) is 5.70. The number of rotatable bonds is 1. The molecule has 0 saturated heterocycles. The molecule has 0 aliphatic carbocycles. The molecule has 122 valence electrons. The van der Waals surface area contributed by atoms with Crippen LogP contribution in [0, 0.1) is 5.92 Å². The summed E-state index contributed by atoms with van der Waals surface area (Å²) in [6, 6.07) is 12.5. The fourth-order valence-electron chi connectivity index (χ4n) is 3.02. The number of benzene rings is 2. The lowest BCUT2D eigenvalue weighted by Gasteiger charge is -2.32. The highest BCUT2D eigenvalue weighted by molar-refractivity contribution is 7.85. The van der Waals surface area contributed by atoms with Gasteiger partial charge in [-0.05, 0) is 24.3 Å². The molecule has 2 atom stereocenters. The molecule has 0 fully saturated rings. The molecule has 4 nitrogen and oxygen atoms in total. The highest BCUT2D eigenvalue weighted by Gasteiger charge is 2.37.